The van der Waals surface area contributed by atoms with Gasteiger partial charge in [0.05, 0.1) is 13.2 Å². The van der Waals surface area contributed by atoms with Crippen LogP contribution in [0.3, 0.4) is 0 Å². The molecule has 0 bridgehead atoms. The standard InChI is InChI=1S/2C3H6N2O2/c2*4-2-1-7-5-3(2)6/h2*2H,1,4H2,(H,5,6)/t2*2-/m11/s1. The summed E-state index contributed by atoms with van der Waals surface area (Å²) in [7, 11) is 0. The van der Waals surface area contributed by atoms with Crippen LogP contribution >= 0.6 is 0 Å². The van der Waals surface area contributed by atoms with Crippen LogP contribution in [0.4, 0.5) is 0 Å². The van der Waals surface area contributed by atoms with Crippen molar-refractivity contribution >= 4 is 11.8 Å². The van der Waals surface area contributed by atoms with Crippen LogP contribution in [0.1, 0.15) is 0 Å². The number of nitrogens with one attached hydrogen (secondary N) is 2. The highest BCUT2D eigenvalue weighted by Crippen LogP contribution is 1.87. The monoisotopic (exact) mass is 204 g/mol. The summed E-state index contributed by atoms with van der Waals surface area (Å²) in [5.41, 5.74) is 14.5. The van der Waals surface area contributed by atoms with Gasteiger partial charge in [-0.1, -0.05) is 0 Å². The zero-order valence-corrected chi connectivity index (χ0v) is 7.36. The van der Waals surface area contributed by atoms with Crippen LogP contribution in [0.25, 0.3) is 0 Å². The van der Waals surface area contributed by atoms with Crippen LogP contribution in [0.15, 0.2) is 0 Å². The highest BCUT2D eigenvalue weighted by Gasteiger charge is 2.20. The number of hydrogen-bond acceptors (Lipinski definition) is 6. The van der Waals surface area contributed by atoms with Gasteiger partial charge in [-0.15, -0.1) is 0 Å². The van der Waals surface area contributed by atoms with E-state index in [9.17, 15) is 9.59 Å². The molecule has 2 aliphatic heterocycles. The molecule has 2 amide bonds. The first-order valence-electron chi connectivity index (χ1n) is 3.95. The predicted octanol–water partition coefficient (Wildman–Crippen LogP) is -3.25. The van der Waals surface area contributed by atoms with Gasteiger partial charge in [-0.05, 0) is 0 Å². The van der Waals surface area contributed by atoms with Crippen molar-refractivity contribution in [2.45, 2.75) is 12.1 Å². The average molecular weight is 204 g/mol. The van der Waals surface area contributed by atoms with E-state index in [0.29, 0.717) is 13.2 Å². The zero-order chi connectivity index (χ0) is 10.6. The van der Waals surface area contributed by atoms with Gasteiger partial charge in [-0.25, -0.2) is 11.0 Å². The second kappa shape index (κ2) is 4.86. The lowest BCUT2D eigenvalue weighted by Crippen LogP contribution is -2.31. The van der Waals surface area contributed by atoms with E-state index in [1.807, 2.05) is 0 Å². The molecule has 0 radical (unpaired) electrons. The first-order chi connectivity index (χ1) is 6.61. The lowest BCUT2D eigenvalue weighted by molar-refractivity contribution is -0.125. The van der Waals surface area contributed by atoms with Crippen molar-refractivity contribution in [3.05, 3.63) is 0 Å². The molecule has 2 fully saturated rings. The molecule has 0 aromatic heterocycles. The van der Waals surface area contributed by atoms with Crippen molar-refractivity contribution in [1.82, 2.24) is 11.0 Å². The van der Waals surface area contributed by atoms with Gasteiger partial charge in [-0.2, -0.15) is 0 Å². The minimum Gasteiger partial charge on any atom is -0.318 e. The van der Waals surface area contributed by atoms with E-state index in [2.05, 4.69) is 20.6 Å². The summed E-state index contributed by atoms with van der Waals surface area (Å²) in [4.78, 5) is 29.3. The van der Waals surface area contributed by atoms with Gasteiger partial charge in [0.1, 0.15) is 12.1 Å². The number of hydroxylamine groups is 2. The second-order valence-electron chi connectivity index (χ2n) is 2.77. The molecule has 2 rings (SSSR count). The molecule has 14 heavy (non-hydrogen) atoms. The summed E-state index contributed by atoms with van der Waals surface area (Å²) >= 11 is 0. The lowest BCUT2D eigenvalue weighted by Gasteiger charge is -1.87. The lowest BCUT2D eigenvalue weighted by atomic mass is 10.3. The summed E-state index contributed by atoms with van der Waals surface area (Å²) in [6.07, 6.45) is 0. The molecule has 8 nitrogen and oxygen atoms in total. The zero-order valence-electron chi connectivity index (χ0n) is 7.36. The van der Waals surface area contributed by atoms with Crippen LogP contribution < -0.4 is 22.4 Å². The van der Waals surface area contributed by atoms with E-state index in [1.54, 1.807) is 0 Å². The molecule has 6 N–H and O–H groups in total. The summed E-state index contributed by atoms with van der Waals surface area (Å²) < 4.78 is 0. The van der Waals surface area contributed by atoms with E-state index < -0.39 is 12.1 Å². The number of hydrogen-bond donors (Lipinski definition) is 4. The van der Waals surface area contributed by atoms with E-state index in [-0.39, 0.29) is 11.8 Å². The van der Waals surface area contributed by atoms with Gasteiger partial charge < -0.3 is 11.5 Å². The van der Waals surface area contributed by atoms with E-state index in [1.165, 1.54) is 0 Å². The summed E-state index contributed by atoms with van der Waals surface area (Å²) in [5.74, 6) is -0.472. The molecule has 0 unspecified atom stereocenters. The van der Waals surface area contributed by atoms with Crippen molar-refractivity contribution in [2.75, 3.05) is 13.2 Å². The second-order valence-corrected chi connectivity index (χ2v) is 2.77. The third kappa shape index (κ3) is 2.92. The maximum Gasteiger partial charge on any atom is 0.262 e. The van der Waals surface area contributed by atoms with Crippen molar-refractivity contribution in [1.29, 1.82) is 0 Å². The van der Waals surface area contributed by atoms with Gasteiger partial charge in [-0.3, -0.25) is 19.3 Å². The van der Waals surface area contributed by atoms with E-state index >= 15 is 0 Å². The third-order valence-corrected chi connectivity index (χ3v) is 1.54. The molecule has 2 saturated heterocycles. The Morgan fingerprint density at radius 3 is 1.43 bits per heavy atom. The van der Waals surface area contributed by atoms with Gasteiger partial charge >= 0.3 is 0 Å². The first kappa shape index (κ1) is 10.9. The number of rotatable bonds is 0. The SMILES string of the molecule is N[C@@H]1CONC1=O.N[C@@H]1CONC1=O. The molecule has 0 aromatic carbocycles. The van der Waals surface area contributed by atoms with Gasteiger partial charge in [0.15, 0.2) is 0 Å². The quantitative estimate of drug-likeness (QED) is 0.328. The molecule has 0 aromatic rings. The van der Waals surface area contributed by atoms with Gasteiger partial charge in [0.25, 0.3) is 11.8 Å². The highest BCUT2D eigenvalue weighted by atomic mass is 16.7. The third-order valence-electron chi connectivity index (χ3n) is 1.54. The first-order valence-corrected chi connectivity index (χ1v) is 3.95. The molecule has 0 saturated carbocycles. The normalized spacial score (nSPS) is 30.4. The van der Waals surface area contributed by atoms with Crippen molar-refractivity contribution < 1.29 is 19.3 Å². The molecule has 80 valence electrons. The minimum absolute atomic E-state index is 0.236. The molecule has 2 heterocycles. The molecular weight excluding hydrogens is 192 g/mol. The van der Waals surface area contributed by atoms with Crippen LogP contribution in [0, 0.1) is 0 Å². The average Bonchev–Trinajstić information content (AvgIpc) is 2.67. The minimum atomic E-state index is -0.458. The Balaban J connectivity index is 0.000000140. The molecule has 0 aliphatic carbocycles. The smallest absolute Gasteiger partial charge is 0.262 e. The van der Waals surface area contributed by atoms with E-state index in [0.717, 1.165) is 0 Å². The fourth-order valence-corrected chi connectivity index (χ4v) is 0.708. The maximum absolute atomic E-state index is 10.2. The van der Waals surface area contributed by atoms with Crippen molar-refractivity contribution in [2.24, 2.45) is 11.5 Å². The Bertz CT molecular complexity index is 210. The molecule has 8 heteroatoms. The number of amides is 2. The number of carbonyl (C=O) groups excluding carboxylic acids is 2. The van der Waals surface area contributed by atoms with Crippen LogP contribution in [-0.2, 0) is 19.3 Å². The molecule has 2 atom stereocenters. The Morgan fingerprint density at radius 2 is 1.36 bits per heavy atom. The van der Waals surface area contributed by atoms with Crippen LogP contribution in [0.5, 0.6) is 0 Å². The predicted molar refractivity (Wildman–Crippen MR) is 44.1 cm³/mol. The van der Waals surface area contributed by atoms with Crippen molar-refractivity contribution in [3.8, 4) is 0 Å². The Hall–Kier alpha value is -1.22. The summed E-state index contributed by atoms with van der Waals surface area (Å²) in [5, 5.41) is 0. The van der Waals surface area contributed by atoms with Crippen molar-refractivity contribution in [3.63, 3.8) is 0 Å². The topological polar surface area (TPSA) is 129 Å². The van der Waals surface area contributed by atoms with E-state index in [4.69, 9.17) is 11.5 Å². The molecule has 2 aliphatic rings. The highest BCUT2D eigenvalue weighted by molar-refractivity contribution is 5.82. The Labute approximate surface area is 79.8 Å². The largest absolute Gasteiger partial charge is 0.318 e. The van der Waals surface area contributed by atoms with Gasteiger partial charge in [0, 0.05) is 0 Å². The Kier molecular flexibility index (Phi) is 3.77. The fourth-order valence-electron chi connectivity index (χ4n) is 0.708. The Morgan fingerprint density at radius 1 is 1.00 bits per heavy atom. The molecular formula is C6H12N4O4. The number of nitrogens with two attached hydrogens (primary N) is 2. The van der Waals surface area contributed by atoms with Crippen LogP contribution in [0.2, 0.25) is 0 Å². The maximum atomic E-state index is 10.2. The van der Waals surface area contributed by atoms with Crippen LogP contribution in [-0.4, -0.2) is 37.1 Å². The summed E-state index contributed by atoms with van der Waals surface area (Å²) in [6, 6.07) is -0.917. The summed E-state index contributed by atoms with van der Waals surface area (Å²) in [6.45, 7) is 0.581. The fraction of sp³-hybridized carbons (Fsp3) is 0.667. The molecule has 0 spiro atoms. The number of carbonyl (C=O) groups is 2. The van der Waals surface area contributed by atoms with Gasteiger partial charge in [0.2, 0.25) is 0 Å².